The highest BCUT2D eigenvalue weighted by Gasteiger charge is 2.46. The van der Waals surface area contributed by atoms with Crippen LogP contribution in [0.15, 0.2) is 0 Å². The molecule has 20 heavy (non-hydrogen) atoms. The standard InChI is InChI=1S/C17H35N3/c1-14(2)16-9-5-6-10-17(16,13-18)20(4)15-8-7-11-19(3)12-15/h14-16H,5-13,18H2,1-4H3. The first-order valence-electron chi connectivity index (χ1n) is 8.63. The Morgan fingerprint density at radius 3 is 2.60 bits per heavy atom. The third kappa shape index (κ3) is 3.05. The molecule has 0 bridgehead atoms. The average Bonchev–Trinajstić information content (AvgIpc) is 2.46. The monoisotopic (exact) mass is 281 g/mol. The predicted molar refractivity (Wildman–Crippen MR) is 86.9 cm³/mol. The fourth-order valence-electron chi connectivity index (χ4n) is 4.86. The number of nitrogens with two attached hydrogens (primary N) is 1. The summed E-state index contributed by atoms with van der Waals surface area (Å²) in [5.74, 6) is 1.50. The summed E-state index contributed by atoms with van der Waals surface area (Å²) in [7, 11) is 4.62. The van der Waals surface area contributed by atoms with Crippen molar-refractivity contribution >= 4 is 0 Å². The fourth-order valence-corrected chi connectivity index (χ4v) is 4.86. The summed E-state index contributed by atoms with van der Waals surface area (Å²) in [5, 5.41) is 0. The molecule has 3 atom stereocenters. The van der Waals surface area contributed by atoms with Gasteiger partial charge < -0.3 is 10.6 Å². The van der Waals surface area contributed by atoms with E-state index in [4.69, 9.17) is 5.73 Å². The van der Waals surface area contributed by atoms with E-state index in [1.807, 2.05) is 0 Å². The third-order valence-electron chi connectivity index (χ3n) is 6.07. The fraction of sp³-hybridized carbons (Fsp3) is 1.00. The van der Waals surface area contributed by atoms with Gasteiger partial charge in [-0.15, -0.1) is 0 Å². The van der Waals surface area contributed by atoms with Crippen LogP contribution in [-0.4, -0.2) is 55.1 Å². The molecule has 1 saturated carbocycles. The molecule has 0 aromatic rings. The van der Waals surface area contributed by atoms with E-state index in [9.17, 15) is 0 Å². The Kier molecular flexibility index (Phi) is 5.49. The summed E-state index contributed by atoms with van der Waals surface area (Å²) in [6.45, 7) is 8.08. The van der Waals surface area contributed by atoms with Crippen molar-refractivity contribution in [3.05, 3.63) is 0 Å². The zero-order chi connectivity index (χ0) is 14.8. The maximum Gasteiger partial charge on any atom is 0.0362 e. The smallest absolute Gasteiger partial charge is 0.0362 e. The summed E-state index contributed by atoms with van der Waals surface area (Å²) < 4.78 is 0. The van der Waals surface area contributed by atoms with E-state index in [0.29, 0.717) is 6.04 Å². The SMILES string of the molecule is CC(C)C1CCCCC1(CN)N(C)C1CCCN(C)C1. The zero-order valence-corrected chi connectivity index (χ0v) is 14.1. The molecule has 1 saturated heterocycles. The van der Waals surface area contributed by atoms with Gasteiger partial charge in [0.2, 0.25) is 0 Å². The van der Waals surface area contributed by atoms with Crippen LogP contribution in [0.3, 0.4) is 0 Å². The molecule has 3 unspecified atom stereocenters. The Hall–Kier alpha value is -0.120. The first-order valence-corrected chi connectivity index (χ1v) is 8.63. The van der Waals surface area contributed by atoms with Crippen molar-refractivity contribution in [1.29, 1.82) is 0 Å². The maximum absolute atomic E-state index is 6.35. The van der Waals surface area contributed by atoms with Gasteiger partial charge in [0.25, 0.3) is 0 Å². The second-order valence-electron chi connectivity index (χ2n) is 7.57. The van der Waals surface area contributed by atoms with Gasteiger partial charge in [-0.1, -0.05) is 26.7 Å². The minimum Gasteiger partial charge on any atom is -0.329 e. The molecule has 118 valence electrons. The van der Waals surface area contributed by atoms with E-state index < -0.39 is 0 Å². The van der Waals surface area contributed by atoms with Gasteiger partial charge in [0, 0.05) is 24.7 Å². The molecule has 2 aliphatic rings. The molecular weight excluding hydrogens is 246 g/mol. The molecule has 0 aromatic heterocycles. The maximum atomic E-state index is 6.35. The van der Waals surface area contributed by atoms with Crippen LogP contribution in [0.5, 0.6) is 0 Å². The van der Waals surface area contributed by atoms with Crippen LogP contribution < -0.4 is 5.73 Å². The van der Waals surface area contributed by atoms with Crippen LogP contribution in [0.25, 0.3) is 0 Å². The minimum atomic E-state index is 0.245. The molecule has 1 aliphatic heterocycles. The summed E-state index contributed by atoms with van der Waals surface area (Å²) in [6, 6.07) is 0.691. The number of rotatable bonds is 4. The Morgan fingerprint density at radius 1 is 1.25 bits per heavy atom. The number of hydrogen-bond acceptors (Lipinski definition) is 3. The molecule has 3 heteroatoms. The van der Waals surface area contributed by atoms with Crippen molar-refractivity contribution in [2.75, 3.05) is 33.7 Å². The quantitative estimate of drug-likeness (QED) is 0.859. The lowest BCUT2D eigenvalue weighted by Gasteiger charge is -2.55. The molecule has 1 heterocycles. The van der Waals surface area contributed by atoms with Gasteiger partial charge in [-0.3, -0.25) is 4.90 Å². The van der Waals surface area contributed by atoms with Crippen molar-refractivity contribution in [3.63, 3.8) is 0 Å². The minimum absolute atomic E-state index is 0.245. The second-order valence-corrected chi connectivity index (χ2v) is 7.57. The summed E-state index contributed by atoms with van der Waals surface area (Å²) in [4.78, 5) is 5.19. The lowest BCUT2D eigenvalue weighted by Crippen LogP contribution is -2.64. The van der Waals surface area contributed by atoms with Crippen LogP contribution in [0.1, 0.15) is 52.4 Å². The van der Waals surface area contributed by atoms with E-state index >= 15 is 0 Å². The molecule has 3 nitrogen and oxygen atoms in total. The summed E-state index contributed by atoms with van der Waals surface area (Å²) in [5.41, 5.74) is 6.60. The van der Waals surface area contributed by atoms with Gasteiger partial charge >= 0.3 is 0 Å². The lowest BCUT2D eigenvalue weighted by molar-refractivity contribution is -0.0386. The van der Waals surface area contributed by atoms with Crippen molar-refractivity contribution in [2.24, 2.45) is 17.6 Å². The number of hydrogen-bond donors (Lipinski definition) is 1. The highest BCUT2D eigenvalue weighted by Crippen LogP contribution is 2.42. The van der Waals surface area contributed by atoms with Crippen molar-refractivity contribution < 1.29 is 0 Å². The highest BCUT2D eigenvalue weighted by atomic mass is 15.3. The van der Waals surface area contributed by atoms with E-state index in [0.717, 1.165) is 18.4 Å². The van der Waals surface area contributed by atoms with E-state index in [-0.39, 0.29) is 5.54 Å². The molecule has 2 fully saturated rings. The van der Waals surface area contributed by atoms with Crippen LogP contribution in [0, 0.1) is 11.8 Å². The van der Waals surface area contributed by atoms with E-state index in [1.165, 1.54) is 51.6 Å². The highest BCUT2D eigenvalue weighted by molar-refractivity contribution is 5.02. The number of likely N-dealkylation sites (N-methyl/N-ethyl adjacent to an activating group) is 2. The van der Waals surface area contributed by atoms with E-state index in [2.05, 4.69) is 37.7 Å². The van der Waals surface area contributed by atoms with Gasteiger partial charge in [0.1, 0.15) is 0 Å². The lowest BCUT2D eigenvalue weighted by atomic mass is 9.66. The largest absolute Gasteiger partial charge is 0.329 e. The molecule has 0 radical (unpaired) electrons. The van der Waals surface area contributed by atoms with Crippen LogP contribution in [-0.2, 0) is 0 Å². The van der Waals surface area contributed by atoms with Crippen LogP contribution in [0.4, 0.5) is 0 Å². The Labute approximate surface area is 125 Å². The Morgan fingerprint density at radius 2 is 2.00 bits per heavy atom. The van der Waals surface area contributed by atoms with Gasteiger partial charge in [-0.25, -0.2) is 0 Å². The first-order chi connectivity index (χ1) is 9.51. The van der Waals surface area contributed by atoms with Crippen LogP contribution in [0.2, 0.25) is 0 Å². The average molecular weight is 281 g/mol. The molecular formula is C17H35N3. The van der Waals surface area contributed by atoms with Crippen molar-refractivity contribution in [3.8, 4) is 0 Å². The second kappa shape index (κ2) is 6.76. The number of piperidine rings is 1. The molecule has 0 spiro atoms. The molecule has 1 aliphatic carbocycles. The summed E-state index contributed by atoms with van der Waals surface area (Å²) in [6.07, 6.45) is 8.08. The Balaban J connectivity index is 2.18. The van der Waals surface area contributed by atoms with E-state index in [1.54, 1.807) is 0 Å². The van der Waals surface area contributed by atoms with Gasteiger partial charge in [0.15, 0.2) is 0 Å². The normalized spacial score (nSPS) is 36.8. The Bertz CT molecular complexity index is 305. The topological polar surface area (TPSA) is 32.5 Å². The van der Waals surface area contributed by atoms with Gasteiger partial charge in [-0.2, -0.15) is 0 Å². The number of nitrogens with zero attached hydrogens (tertiary/aromatic N) is 2. The first kappa shape index (κ1) is 16.3. The van der Waals surface area contributed by atoms with Gasteiger partial charge in [0.05, 0.1) is 0 Å². The zero-order valence-electron chi connectivity index (χ0n) is 14.1. The molecule has 2 rings (SSSR count). The van der Waals surface area contributed by atoms with Crippen molar-refractivity contribution in [2.45, 2.75) is 64.0 Å². The van der Waals surface area contributed by atoms with Gasteiger partial charge in [-0.05, 0) is 58.2 Å². The third-order valence-corrected chi connectivity index (χ3v) is 6.07. The molecule has 0 amide bonds. The summed E-state index contributed by atoms with van der Waals surface area (Å²) >= 11 is 0. The molecule has 2 N–H and O–H groups in total. The number of likely N-dealkylation sites (tertiary alicyclic amines) is 1. The molecule has 0 aromatic carbocycles. The van der Waals surface area contributed by atoms with Crippen molar-refractivity contribution in [1.82, 2.24) is 9.80 Å². The van der Waals surface area contributed by atoms with Crippen LogP contribution >= 0.6 is 0 Å². The predicted octanol–water partition coefficient (Wildman–Crippen LogP) is 2.56.